The normalized spacial score (nSPS) is 12.4. The van der Waals surface area contributed by atoms with Gasteiger partial charge in [-0.2, -0.15) is 5.10 Å². The number of fused-ring (bicyclic) bond motifs is 2. The predicted octanol–water partition coefficient (Wildman–Crippen LogP) is 4.98. The average Bonchev–Trinajstić information content (AvgIpc) is 3.64. The number of aromatic nitrogens is 8. The Bertz CT molecular complexity index is 1700. The number of imidazole rings is 2. The molecule has 6 rings (SSSR count). The van der Waals surface area contributed by atoms with Crippen LogP contribution in [0.5, 0.6) is 0 Å². The number of nitrogens with one attached hydrogen (secondary N) is 3. The van der Waals surface area contributed by atoms with E-state index in [1.165, 1.54) is 0 Å². The third-order valence-electron chi connectivity index (χ3n) is 6.38. The van der Waals surface area contributed by atoms with Crippen molar-refractivity contribution in [3.63, 3.8) is 0 Å². The highest BCUT2D eigenvalue weighted by Gasteiger charge is 2.17. The molecular formula is C27H27N9O. The van der Waals surface area contributed by atoms with E-state index in [0.29, 0.717) is 23.6 Å². The fourth-order valence-corrected chi connectivity index (χ4v) is 4.48. The lowest BCUT2D eigenvalue weighted by Crippen LogP contribution is -2.18. The molecule has 0 fully saturated rings. The topological polar surface area (TPSA) is 133 Å². The molecular weight excluding hydrogens is 466 g/mol. The number of H-pyrrole nitrogens is 2. The number of aliphatic hydroxyl groups is 1. The molecule has 1 atom stereocenters. The van der Waals surface area contributed by atoms with Gasteiger partial charge in [-0.3, -0.25) is 10.1 Å². The predicted molar refractivity (Wildman–Crippen MR) is 143 cm³/mol. The number of hydrogen-bond donors (Lipinski definition) is 4. The fraction of sp³-hybridized carbons (Fsp3) is 0.222. The van der Waals surface area contributed by atoms with Crippen molar-refractivity contribution in [2.45, 2.75) is 39.3 Å². The first kappa shape index (κ1) is 22.9. The number of hydrogen-bond acceptors (Lipinski definition) is 7. The minimum atomic E-state index is -0.599. The van der Waals surface area contributed by atoms with Crippen LogP contribution < -0.4 is 5.32 Å². The smallest absolute Gasteiger partial charge is 0.161 e. The number of anilines is 1. The van der Waals surface area contributed by atoms with Crippen LogP contribution in [0.25, 0.3) is 50.4 Å². The van der Waals surface area contributed by atoms with Gasteiger partial charge in [-0.15, -0.1) is 0 Å². The summed E-state index contributed by atoms with van der Waals surface area (Å²) < 4.78 is 1.94. The Morgan fingerprint density at radius 1 is 1.11 bits per heavy atom. The van der Waals surface area contributed by atoms with E-state index >= 15 is 0 Å². The molecule has 0 amide bonds. The molecule has 6 aromatic rings. The van der Waals surface area contributed by atoms with Crippen LogP contribution in [-0.4, -0.2) is 51.0 Å². The summed E-state index contributed by atoms with van der Waals surface area (Å²) in [5.74, 6) is 0.628. The van der Waals surface area contributed by atoms with E-state index in [4.69, 9.17) is 4.98 Å². The molecule has 0 saturated heterocycles. The van der Waals surface area contributed by atoms with E-state index in [0.717, 1.165) is 57.5 Å². The highest BCUT2D eigenvalue weighted by molar-refractivity contribution is 5.96. The maximum Gasteiger partial charge on any atom is 0.161 e. The minimum absolute atomic E-state index is 0.599. The Kier molecular flexibility index (Phi) is 5.85. The SMILES string of the molecule is CCCCC(O)Nc1cncc(-c2ccc3[nH]nc(-c4nc5c(-n6cnc(C)c6)ccnc5[nH]4)c3c2)c1. The third kappa shape index (κ3) is 4.43. The number of pyridine rings is 2. The Labute approximate surface area is 212 Å². The first-order chi connectivity index (χ1) is 18.1. The minimum Gasteiger partial charge on any atom is -0.374 e. The highest BCUT2D eigenvalue weighted by Crippen LogP contribution is 2.31. The first-order valence-corrected chi connectivity index (χ1v) is 12.3. The summed E-state index contributed by atoms with van der Waals surface area (Å²) in [7, 11) is 0. The van der Waals surface area contributed by atoms with Gasteiger partial charge in [0.15, 0.2) is 11.5 Å². The molecule has 0 aliphatic heterocycles. The molecule has 4 N–H and O–H groups in total. The van der Waals surface area contributed by atoms with Gasteiger partial charge in [0.25, 0.3) is 0 Å². The molecule has 5 heterocycles. The summed E-state index contributed by atoms with van der Waals surface area (Å²) in [6.45, 7) is 4.06. The fourth-order valence-electron chi connectivity index (χ4n) is 4.48. The van der Waals surface area contributed by atoms with E-state index in [9.17, 15) is 5.11 Å². The van der Waals surface area contributed by atoms with Crippen LogP contribution in [0.15, 0.2) is 61.4 Å². The van der Waals surface area contributed by atoms with Gasteiger partial charge < -0.3 is 20.0 Å². The Hall–Kier alpha value is -4.57. The third-order valence-corrected chi connectivity index (χ3v) is 6.38. The second-order valence-corrected chi connectivity index (χ2v) is 9.13. The molecule has 1 aromatic carbocycles. The monoisotopic (exact) mass is 493 g/mol. The molecule has 10 nitrogen and oxygen atoms in total. The van der Waals surface area contributed by atoms with Crippen molar-refractivity contribution in [1.29, 1.82) is 0 Å². The lowest BCUT2D eigenvalue weighted by molar-refractivity contribution is 0.190. The first-order valence-electron chi connectivity index (χ1n) is 12.3. The molecule has 0 spiro atoms. The molecule has 0 radical (unpaired) electrons. The van der Waals surface area contributed by atoms with Crippen molar-refractivity contribution >= 4 is 27.8 Å². The number of aryl methyl sites for hydroxylation is 1. The number of aromatic amines is 2. The van der Waals surface area contributed by atoms with Crippen molar-refractivity contribution in [1.82, 2.24) is 39.7 Å². The van der Waals surface area contributed by atoms with Gasteiger partial charge in [-0.1, -0.05) is 19.4 Å². The van der Waals surface area contributed by atoms with Gasteiger partial charge in [0.1, 0.15) is 17.4 Å². The van der Waals surface area contributed by atoms with Crippen LogP contribution in [0.4, 0.5) is 5.69 Å². The van der Waals surface area contributed by atoms with Crippen LogP contribution in [0.3, 0.4) is 0 Å². The van der Waals surface area contributed by atoms with E-state index in [1.54, 1.807) is 18.7 Å². The van der Waals surface area contributed by atoms with E-state index in [2.05, 4.69) is 48.4 Å². The maximum absolute atomic E-state index is 10.3. The molecule has 10 heteroatoms. The second-order valence-electron chi connectivity index (χ2n) is 9.13. The summed E-state index contributed by atoms with van der Waals surface area (Å²) in [5.41, 5.74) is 7.54. The van der Waals surface area contributed by atoms with Gasteiger partial charge in [0.2, 0.25) is 0 Å². The second kappa shape index (κ2) is 9.47. The Morgan fingerprint density at radius 3 is 2.86 bits per heavy atom. The molecule has 1 unspecified atom stereocenters. The largest absolute Gasteiger partial charge is 0.374 e. The van der Waals surface area contributed by atoms with Gasteiger partial charge >= 0.3 is 0 Å². The summed E-state index contributed by atoms with van der Waals surface area (Å²) in [5, 5.41) is 22.0. The molecule has 0 bridgehead atoms. The van der Waals surface area contributed by atoms with Crippen LogP contribution in [0.1, 0.15) is 31.9 Å². The van der Waals surface area contributed by atoms with Crippen molar-refractivity contribution in [2.24, 2.45) is 0 Å². The summed E-state index contributed by atoms with van der Waals surface area (Å²) >= 11 is 0. The lowest BCUT2D eigenvalue weighted by Gasteiger charge is -2.14. The van der Waals surface area contributed by atoms with E-state index < -0.39 is 6.23 Å². The van der Waals surface area contributed by atoms with Crippen LogP contribution >= 0.6 is 0 Å². The number of aliphatic hydroxyl groups excluding tert-OH is 1. The average molecular weight is 494 g/mol. The Balaban J connectivity index is 1.36. The number of rotatable bonds is 8. The van der Waals surface area contributed by atoms with E-state index in [1.807, 2.05) is 48.1 Å². The number of unbranched alkanes of at least 4 members (excludes halogenated alkanes) is 1. The number of benzene rings is 1. The molecule has 0 saturated carbocycles. The molecule has 0 aliphatic carbocycles. The van der Waals surface area contributed by atoms with Crippen LogP contribution in [0, 0.1) is 6.92 Å². The molecule has 186 valence electrons. The number of nitrogens with zero attached hydrogens (tertiary/aromatic N) is 6. The highest BCUT2D eigenvalue weighted by atomic mass is 16.3. The van der Waals surface area contributed by atoms with E-state index in [-0.39, 0.29) is 0 Å². The zero-order chi connectivity index (χ0) is 25.4. The summed E-state index contributed by atoms with van der Waals surface area (Å²) in [4.78, 5) is 21.4. The quantitative estimate of drug-likeness (QED) is 0.220. The van der Waals surface area contributed by atoms with Crippen molar-refractivity contribution in [3.05, 3.63) is 67.1 Å². The summed E-state index contributed by atoms with van der Waals surface area (Å²) in [6.07, 6.45) is 11.1. The lowest BCUT2D eigenvalue weighted by atomic mass is 10.0. The standard InChI is InChI=1S/C27H27N9O/c1-3-4-5-23(37)31-19-10-18(12-28-13-19)17-6-7-21-20(11-17)24(35-34-21)27-32-25-22(8-9-29-26(25)33-27)36-14-16(2)30-15-36/h6-15,23,31,37H,3-5H2,1-2H3,(H,34,35)(H,29,32,33). The van der Waals surface area contributed by atoms with Crippen molar-refractivity contribution < 1.29 is 5.11 Å². The Morgan fingerprint density at radius 2 is 2.03 bits per heavy atom. The van der Waals surface area contributed by atoms with Crippen molar-refractivity contribution in [3.8, 4) is 28.3 Å². The van der Waals surface area contributed by atoms with Crippen LogP contribution in [-0.2, 0) is 0 Å². The zero-order valence-electron chi connectivity index (χ0n) is 20.6. The van der Waals surface area contributed by atoms with Gasteiger partial charge in [0, 0.05) is 29.5 Å². The molecule has 0 aliphatic rings. The van der Waals surface area contributed by atoms with Gasteiger partial charge in [-0.05, 0) is 49.6 Å². The maximum atomic E-state index is 10.3. The van der Waals surface area contributed by atoms with Crippen LogP contribution in [0.2, 0.25) is 0 Å². The van der Waals surface area contributed by atoms with Crippen molar-refractivity contribution in [2.75, 3.05) is 5.32 Å². The zero-order valence-corrected chi connectivity index (χ0v) is 20.6. The van der Waals surface area contributed by atoms with Gasteiger partial charge in [-0.25, -0.2) is 15.0 Å². The summed E-state index contributed by atoms with van der Waals surface area (Å²) in [6, 6.07) is 10.0. The molecule has 5 aromatic heterocycles. The molecule has 37 heavy (non-hydrogen) atoms. The van der Waals surface area contributed by atoms with Gasteiger partial charge in [0.05, 0.1) is 35.1 Å².